The van der Waals surface area contributed by atoms with E-state index < -0.39 is 18.0 Å². The SMILES string of the molecule is CC(OC(=O)c1cc(Br)ccc1N)C(N)=O. The Bertz CT molecular complexity index is 434. The molecule has 0 heterocycles. The van der Waals surface area contributed by atoms with Crippen LogP contribution in [0.25, 0.3) is 0 Å². The number of anilines is 1. The van der Waals surface area contributed by atoms with Gasteiger partial charge in [-0.25, -0.2) is 4.79 Å². The van der Waals surface area contributed by atoms with Crippen LogP contribution in [0.2, 0.25) is 0 Å². The average molecular weight is 287 g/mol. The molecule has 4 N–H and O–H groups in total. The number of nitrogen functional groups attached to an aromatic ring is 1. The van der Waals surface area contributed by atoms with E-state index in [-0.39, 0.29) is 11.3 Å². The first-order valence-corrected chi connectivity index (χ1v) is 5.26. The topological polar surface area (TPSA) is 95.4 Å². The maximum atomic E-state index is 11.6. The van der Waals surface area contributed by atoms with Crippen LogP contribution in [0.3, 0.4) is 0 Å². The summed E-state index contributed by atoms with van der Waals surface area (Å²) < 4.78 is 5.51. The predicted molar refractivity (Wildman–Crippen MR) is 62.6 cm³/mol. The summed E-state index contributed by atoms with van der Waals surface area (Å²) in [6.07, 6.45) is -0.981. The Morgan fingerprint density at radius 3 is 2.62 bits per heavy atom. The summed E-state index contributed by atoms with van der Waals surface area (Å²) in [5, 5.41) is 0. The molecule has 0 fully saturated rings. The molecule has 0 saturated heterocycles. The maximum Gasteiger partial charge on any atom is 0.341 e. The quantitative estimate of drug-likeness (QED) is 0.642. The van der Waals surface area contributed by atoms with Crippen molar-refractivity contribution in [3.05, 3.63) is 28.2 Å². The smallest absolute Gasteiger partial charge is 0.341 e. The number of esters is 1. The van der Waals surface area contributed by atoms with E-state index in [1.807, 2.05) is 0 Å². The Hall–Kier alpha value is -1.56. The van der Waals surface area contributed by atoms with Gasteiger partial charge in [-0.1, -0.05) is 15.9 Å². The van der Waals surface area contributed by atoms with Gasteiger partial charge in [0.2, 0.25) is 0 Å². The van der Waals surface area contributed by atoms with E-state index in [0.29, 0.717) is 4.47 Å². The summed E-state index contributed by atoms with van der Waals surface area (Å²) in [4.78, 5) is 22.3. The number of carbonyl (C=O) groups excluding carboxylic acids is 2. The van der Waals surface area contributed by atoms with E-state index in [4.69, 9.17) is 16.2 Å². The highest BCUT2D eigenvalue weighted by Crippen LogP contribution is 2.19. The minimum atomic E-state index is -0.981. The van der Waals surface area contributed by atoms with Crippen LogP contribution in [-0.4, -0.2) is 18.0 Å². The molecule has 1 rings (SSSR count). The van der Waals surface area contributed by atoms with Gasteiger partial charge in [0, 0.05) is 10.2 Å². The van der Waals surface area contributed by atoms with Crippen molar-refractivity contribution >= 4 is 33.5 Å². The Kier molecular flexibility index (Phi) is 3.89. The summed E-state index contributed by atoms with van der Waals surface area (Å²) >= 11 is 3.20. The largest absolute Gasteiger partial charge is 0.449 e. The highest BCUT2D eigenvalue weighted by molar-refractivity contribution is 9.10. The lowest BCUT2D eigenvalue weighted by atomic mass is 10.2. The first-order chi connectivity index (χ1) is 7.41. The molecule has 0 saturated carbocycles. The fourth-order valence-corrected chi connectivity index (χ4v) is 1.35. The average Bonchev–Trinajstić information content (AvgIpc) is 2.21. The summed E-state index contributed by atoms with van der Waals surface area (Å²) in [6.45, 7) is 1.40. The van der Waals surface area contributed by atoms with Crippen LogP contribution >= 0.6 is 15.9 Å². The second kappa shape index (κ2) is 4.98. The molecule has 1 atom stereocenters. The van der Waals surface area contributed by atoms with Gasteiger partial charge in [-0.2, -0.15) is 0 Å². The number of amides is 1. The number of benzene rings is 1. The zero-order valence-corrected chi connectivity index (χ0v) is 10.2. The van der Waals surface area contributed by atoms with E-state index >= 15 is 0 Å². The number of nitrogens with two attached hydrogens (primary N) is 2. The molecule has 0 aliphatic rings. The zero-order valence-electron chi connectivity index (χ0n) is 8.57. The first-order valence-electron chi connectivity index (χ1n) is 4.47. The second-order valence-electron chi connectivity index (χ2n) is 3.18. The van der Waals surface area contributed by atoms with Crippen LogP contribution in [0.1, 0.15) is 17.3 Å². The molecular weight excluding hydrogens is 276 g/mol. The predicted octanol–water partition coefficient (Wildman–Crippen LogP) is 1.06. The molecule has 0 bridgehead atoms. The van der Waals surface area contributed by atoms with Crippen molar-refractivity contribution in [3.63, 3.8) is 0 Å². The van der Waals surface area contributed by atoms with Crippen molar-refractivity contribution in [2.75, 3.05) is 5.73 Å². The van der Waals surface area contributed by atoms with Crippen molar-refractivity contribution in [2.45, 2.75) is 13.0 Å². The fraction of sp³-hybridized carbons (Fsp3) is 0.200. The molecule has 1 aromatic rings. The minimum absolute atomic E-state index is 0.197. The molecule has 0 radical (unpaired) electrons. The highest BCUT2D eigenvalue weighted by Gasteiger charge is 2.18. The number of halogens is 1. The normalized spacial score (nSPS) is 11.9. The van der Waals surface area contributed by atoms with E-state index in [2.05, 4.69) is 15.9 Å². The van der Waals surface area contributed by atoms with E-state index in [1.165, 1.54) is 13.0 Å². The third kappa shape index (κ3) is 2.96. The Labute approximate surface area is 101 Å². The lowest BCUT2D eigenvalue weighted by Gasteiger charge is -2.10. The number of carbonyl (C=O) groups is 2. The van der Waals surface area contributed by atoms with Crippen molar-refractivity contribution in [1.82, 2.24) is 0 Å². The van der Waals surface area contributed by atoms with Crippen LogP contribution in [-0.2, 0) is 9.53 Å². The standard InChI is InChI=1S/C10H11BrN2O3/c1-5(9(13)14)16-10(15)7-4-6(11)2-3-8(7)12/h2-5H,12H2,1H3,(H2,13,14). The van der Waals surface area contributed by atoms with Crippen molar-refractivity contribution in [1.29, 1.82) is 0 Å². The van der Waals surface area contributed by atoms with E-state index in [9.17, 15) is 9.59 Å². The molecule has 0 aliphatic carbocycles. The third-order valence-corrected chi connectivity index (χ3v) is 2.41. The third-order valence-electron chi connectivity index (χ3n) is 1.92. The number of hydrogen-bond donors (Lipinski definition) is 2. The Morgan fingerprint density at radius 2 is 2.06 bits per heavy atom. The van der Waals surface area contributed by atoms with E-state index in [1.54, 1.807) is 12.1 Å². The summed E-state index contributed by atoms with van der Waals surface area (Å²) in [7, 11) is 0. The molecule has 0 aromatic heterocycles. The van der Waals surface area contributed by atoms with Gasteiger partial charge in [-0.3, -0.25) is 4.79 Å². The van der Waals surface area contributed by atoms with Crippen molar-refractivity contribution < 1.29 is 14.3 Å². The summed E-state index contributed by atoms with van der Waals surface area (Å²) in [6, 6.07) is 4.78. The monoisotopic (exact) mass is 286 g/mol. The van der Waals surface area contributed by atoms with Crippen molar-refractivity contribution in [2.24, 2.45) is 5.73 Å². The molecule has 16 heavy (non-hydrogen) atoms. The number of primary amides is 1. The van der Waals surface area contributed by atoms with Gasteiger partial charge in [0.15, 0.2) is 6.10 Å². The van der Waals surface area contributed by atoms with Gasteiger partial charge >= 0.3 is 5.97 Å². The summed E-state index contributed by atoms with van der Waals surface area (Å²) in [5.41, 5.74) is 11.1. The van der Waals surface area contributed by atoms with Crippen LogP contribution in [0.4, 0.5) is 5.69 Å². The minimum Gasteiger partial charge on any atom is -0.449 e. The summed E-state index contributed by atoms with van der Waals surface area (Å²) in [5.74, 6) is -1.38. The molecule has 6 heteroatoms. The maximum absolute atomic E-state index is 11.6. The van der Waals surface area contributed by atoms with Crippen LogP contribution in [0.5, 0.6) is 0 Å². The van der Waals surface area contributed by atoms with Gasteiger partial charge in [-0.05, 0) is 25.1 Å². The molecule has 1 unspecified atom stereocenters. The first kappa shape index (κ1) is 12.5. The number of ether oxygens (including phenoxy) is 1. The van der Waals surface area contributed by atoms with Gasteiger partial charge in [-0.15, -0.1) is 0 Å². The fourth-order valence-electron chi connectivity index (χ4n) is 0.987. The molecular formula is C10H11BrN2O3. The lowest BCUT2D eigenvalue weighted by Crippen LogP contribution is -2.30. The van der Waals surface area contributed by atoms with Crippen molar-refractivity contribution in [3.8, 4) is 0 Å². The van der Waals surface area contributed by atoms with Crippen LogP contribution in [0, 0.1) is 0 Å². The van der Waals surface area contributed by atoms with E-state index in [0.717, 1.165) is 0 Å². The zero-order chi connectivity index (χ0) is 12.3. The molecule has 1 amide bonds. The Morgan fingerprint density at radius 1 is 1.44 bits per heavy atom. The molecule has 0 spiro atoms. The molecule has 0 aliphatic heterocycles. The number of hydrogen-bond acceptors (Lipinski definition) is 4. The second-order valence-corrected chi connectivity index (χ2v) is 4.10. The number of rotatable bonds is 3. The molecule has 5 nitrogen and oxygen atoms in total. The van der Waals surface area contributed by atoms with Gasteiger partial charge in [0.25, 0.3) is 5.91 Å². The van der Waals surface area contributed by atoms with Crippen LogP contribution < -0.4 is 11.5 Å². The molecule has 86 valence electrons. The van der Waals surface area contributed by atoms with Crippen LogP contribution in [0.15, 0.2) is 22.7 Å². The molecule has 1 aromatic carbocycles. The van der Waals surface area contributed by atoms with Gasteiger partial charge < -0.3 is 16.2 Å². The van der Waals surface area contributed by atoms with Gasteiger partial charge in [0.1, 0.15) is 0 Å². The highest BCUT2D eigenvalue weighted by atomic mass is 79.9. The Balaban J connectivity index is 2.88. The lowest BCUT2D eigenvalue weighted by molar-refractivity contribution is -0.125. The van der Waals surface area contributed by atoms with Gasteiger partial charge in [0.05, 0.1) is 5.56 Å².